The lowest BCUT2D eigenvalue weighted by atomic mass is 9.56. The molecule has 0 bridgehead atoms. The van der Waals surface area contributed by atoms with Crippen LogP contribution >= 0.6 is 11.6 Å². The number of benzene rings is 2. The lowest BCUT2D eigenvalue weighted by Crippen LogP contribution is -2.62. The second kappa shape index (κ2) is 10.2. The number of carbonyl (C=O) groups is 4. The Labute approximate surface area is 250 Å². The lowest BCUT2D eigenvalue weighted by Gasteiger charge is -2.50. The van der Waals surface area contributed by atoms with E-state index in [0.29, 0.717) is 6.07 Å². The number of hydrogen-bond acceptors (Lipinski definition) is 9. The van der Waals surface area contributed by atoms with Gasteiger partial charge in [0.05, 0.1) is 28.6 Å². The molecule has 0 unspecified atom stereocenters. The Bertz CT molecular complexity index is 1740. The highest BCUT2D eigenvalue weighted by molar-refractivity contribution is 6.30. The lowest BCUT2D eigenvalue weighted by molar-refractivity contribution is -0.154. The van der Waals surface area contributed by atoms with Crippen molar-refractivity contribution in [1.29, 1.82) is 0 Å². The topological polar surface area (TPSA) is 220 Å². The molecule has 0 radical (unpaired) electrons. The normalized spacial score (nSPS) is 26.5. The fraction of sp³-hybridized carbons (Fsp3) is 0.286. The molecule has 0 aromatic heterocycles. The van der Waals surface area contributed by atoms with E-state index in [9.17, 15) is 57.9 Å². The molecule has 44 heavy (non-hydrogen) atoms. The van der Waals surface area contributed by atoms with Crippen LogP contribution in [0.25, 0.3) is 0 Å². The van der Waals surface area contributed by atoms with Gasteiger partial charge in [0.2, 0.25) is 5.78 Å². The van der Waals surface area contributed by atoms with Crippen LogP contribution in [0.4, 0.5) is 29.3 Å². The number of halogens is 4. The number of alkyl halides is 3. The van der Waals surface area contributed by atoms with Gasteiger partial charge >= 0.3 is 12.2 Å². The van der Waals surface area contributed by atoms with Crippen molar-refractivity contribution < 1.29 is 57.9 Å². The maximum Gasteiger partial charge on any atom is 0.418 e. The first kappa shape index (κ1) is 30.8. The van der Waals surface area contributed by atoms with Gasteiger partial charge in [0.1, 0.15) is 17.1 Å². The van der Waals surface area contributed by atoms with Crippen molar-refractivity contribution in [3.63, 3.8) is 0 Å². The molecule has 3 aliphatic rings. The highest BCUT2D eigenvalue weighted by atomic mass is 35.5. The molecule has 12 nitrogen and oxygen atoms in total. The van der Waals surface area contributed by atoms with Gasteiger partial charge in [-0.25, -0.2) is 4.79 Å². The van der Waals surface area contributed by atoms with Gasteiger partial charge in [-0.15, -0.1) is 0 Å². The quantitative estimate of drug-likeness (QED) is 0.182. The van der Waals surface area contributed by atoms with E-state index >= 15 is 0 Å². The number of ketones is 2. The van der Waals surface area contributed by atoms with Crippen molar-refractivity contribution in [3.05, 3.63) is 74.7 Å². The molecule has 0 heterocycles. The number of allylic oxidation sites excluding steroid dienone is 1. The van der Waals surface area contributed by atoms with Crippen molar-refractivity contribution in [2.75, 3.05) is 10.6 Å². The number of amides is 3. The number of phenols is 1. The Kier molecular flexibility index (Phi) is 7.18. The molecule has 2 aromatic rings. The molecule has 3 amide bonds. The first-order valence-electron chi connectivity index (χ1n) is 12.9. The number of nitrogens with two attached hydrogens (primary N) is 1. The van der Waals surface area contributed by atoms with Crippen LogP contribution < -0.4 is 16.4 Å². The van der Waals surface area contributed by atoms with E-state index in [-0.39, 0.29) is 10.6 Å². The fourth-order valence-corrected chi connectivity index (χ4v) is 6.40. The Morgan fingerprint density at radius 3 is 2.30 bits per heavy atom. The molecule has 9 N–H and O–H groups in total. The minimum Gasteiger partial charge on any atom is -0.511 e. The number of phenolic OH excluding ortho intramolecular Hbond substituents is 1. The van der Waals surface area contributed by atoms with Crippen LogP contribution in [0.5, 0.6) is 5.75 Å². The molecule has 0 aliphatic heterocycles. The third-order valence-electron chi connectivity index (χ3n) is 8.28. The fourth-order valence-electron chi connectivity index (χ4n) is 6.23. The van der Waals surface area contributed by atoms with Crippen LogP contribution in [-0.2, 0) is 15.8 Å². The minimum atomic E-state index is -4.88. The SMILES string of the molecule is C[C@H]1c2ccc(NC(=O)Nc3ccc(Cl)cc3C(F)(F)F)c(O)c2C(=O)C2=C(O)[C@]3(O)C(=O)C(C(N)=O)=C(O)C[C@@H]3[C@@H](O)[C@@H]21. The van der Waals surface area contributed by atoms with Crippen LogP contribution in [0.15, 0.2) is 53.0 Å². The summed E-state index contributed by atoms with van der Waals surface area (Å²) in [5, 5.41) is 59.0. The molecule has 2 aromatic carbocycles. The summed E-state index contributed by atoms with van der Waals surface area (Å²) >= 11 is 5.65. The van der Waals surface area contributed by atoms with E-state index in [4.69, 9.17) is 17.3 Å². The molecule has 5 rings (SSSR count). The predicted molar refractivity (Wildman–Crippen MR) is 146 cm³/mol. The molecular weight excluding hydrogens is 615 g/mol. The second-order valence-corrected chi connectivity index (χ2v) is 11.1. The summed E-state index contributed by atoms with van der Waals surface area (Å²) < 4.78 is 40.3. The van der Waals surface area contributed by atoms with Crippen molar-refractivity contribution in [1.82, 2.24) is 0 Å². The molecule has 0 fully saturated rings. The van der Waals surface area contributed by atoms with Crippen molar-refractivity contribution in [2.45, 2.75) is 37.1 Å². The summed E-state index contributed by atoms with van der Waals surface area (Å²) in [7, 11) is 0. The molecule has 0 saturated heterocycles. The number of aliphatic hydroxyl groups excluding tert-OH is 3. The summed E-state index contributed by atoms with van der Waals surface area (Å²) in [6.45, 7) is 1.50. The van der Waals surface area contributed by atoms with Crippen LogP contribution in [0.2, 0.25) is 5.02 Å². The van der Waals surface area contributed by atoms with Gasteiger partial charge in [-0.3, -0.25) is 14.4 Å². The number of fused-ring (bicyclic) bond motifs is 3. The van der Waals surface area contributed by atoms with Crippen molar-refractivity contribution in [3.8, 4) is 5.75 Å². The molecular formula is C28H23ClF3N3O9. The first-order valence-corrected chi connectivity index (χ1v) is 13.2. The number of urea groups is 1. The average molecular weight is 638 g/mol. The summed E-state index contributed by atoms with van der Waals surface area (Å²) in [6.07, 6.45) is -7.25. The van der Waals surface area contributed by atoms with Crippen LogP contribution in [0.1, 0.15) is 40.7 Å². The zero-order chi connectivity index (χ0) is 32.6. The van der Waals surface area contributed by atoms with E-state index < -0.39 is 116 Å². The summed E-state index contributed by atoms with van der Waals surface area (Å²) in [4.78, 5) is 51.4. The van der Waals surface area contributed by atoms with Crippen molar-refractivity contribution in [2.24, 2.45) is 17.6 Å². The van der Waals surface area contributed by atoms with E-state index in [1.807, 2.05) is 5.32 Å². The highest BCUT2D eigenvalue weighted by Crippen LogP contribution is 2.55. The number of anilines is 2. The number of carbonyl (C=O) groups excluding carboxylic acids is 4. The Morgan fingerprint density at radius 2 is 1.68 bits per heavy atom. The standard InChI is InChI=1S/C28H23ClF3N3O9/c1-8-10-3-5-14(35-26(43)34-13-4-2-9(29)6-11(13)28(30,31)32)21(38)17(10)22(39)19-16(8)20(37)12-7-15(36)18(25(33)42)23(40)27(12,44)24(19)41/h2-6,8,12,16,20,36-38,41,44H,7H2,1H3,(H2,33,42)(H2,34,35,43)/t8-,12+,16+,20+,27+/m0/s1. The van der Waals surface area contributed by atoms with Gasteiger partial charge in [0.25, 0.3) is 5.91 Å². The zero-order valence-electron chi connectivity index (χ0n) is 22.4. The van der Waals surface area contributed by atoms with Crippen molar-refractivity contribution >= 4 is 46.5 Å². The minimum absolute atomic E-state index is 0.126. The summed E-state index contributed by atoms with van der Waals surface area (Å²) in [6, 6.07) is 3.83. The maximum atomic E-state index is 13.8. The van der Waals surface area contributed by atoms with Gasteiger partial charge in [0.15, 0.2) is 17.1 Å². The third kappa shape index (κ3) is 4.46. The Hall–Kier alpha value is -4.60. The Balaban J connectivity index is 1.54. The number of primary amides is 1. The number of nitrogens with one attached hydrogen (secondary N) is 2. The molecule has 232 valence electrons. The number of Topliss-reactive ketones (excluding diaryl/α,β-unsaturated/α-hetero) is 2. The van der Waals surface area contributed by atoms with E-state index in [1.54, 1.807) is 0 Å². The zero-order valence-corrected chi connectivity index (χ0v) is 23.1. The highest BCUT2D eigenvalue weighted by Gasteiger charge is 2.64. The second-order valence-electron chi connectivity index (χ2n) is 10.7. The maximum absolute atomic E-state index is 13.8. The van der Waals surface area contributed by atoms with Gasteiger partial charge in [-0.1, -0.05) is 24.6 Å². The summed E-state index contributed by atoms with van der Waals surface area (Å²) in [5.74, 6) is -10.7. The van der Waals surface area contributed by atoms with Gasteiger partial charge in [0, 0.05) is 28.9 Å². The summed E-state index contributed by atoms with van der Waals surface area (Å²) in [5.41, 5.74) is -2.27. The van der Waals surface area contributed by atoms with Gasteiger partial charge in [-0.2, -0.15) is 13.2 Å². The number of aromatic hydroxyl groups is 1. The van der Waals surface area contributed by atoms with E-state index in [1.165, 1.54) is 13.0 Å². The smallest absolute Gasteiger partial charge is 0.418 e. The molecule has 3 aliphatic carbocycles. The van der Waals surface area contributed by atoms with E-state index in [0.717, 1.165) is 18.2 Å². The van der Waals surface area contributed by atoms with Crippen LogP contribution in [-0.4, -0.2) is 60.7 Å². The van der Waals surface area contributed by atoms with E-state index in [2.05, 4.69) is 5.32 Å². The third-order valence-corrected chi connectivity index (χ3v) is 8.52. The molecule has 5 atom stereocenters. The molecule has 16 heteroatoms. The number of aliphatic hydroxyl groups is 4. The van der Waals surface area contributed by atoms with Gasteiger partial charge < -0.3 is 41.9 Å². The van der Waals surface area contributed by atoms with Gasteiger partial charge in [-0.05, 0) is 35.7 Å². The average Bonchev–Trinajstić information content (AvgIpc) is 2.92. The van der Waals surface area contributed by atoms with Crippen LogP contribution in [0.3, 0.4) is 0 Å². The molecule has 0 spiro atoms. The predicted octanol–water partition coefficient (Wildman–Crippen LogP) is 3.43. The largest absolute Gasteiger partial charge is 0.511 e. The monoisotopic (exact) mass is 637 g/mol. The number of rotatable bonds is 3. The van der Waals surface area contributed by atoms with Crippen LogP contribution in [0, 0.1) is 11.8 Å². The first-order chi connectivity index (χ1) is 20.4. The number of hydrogen-bond donors (Lipinski definition) is 8. The Morgan fingerprint density at radius 1 is 1.07 bits per heavy atom. The molecule has 0 saturated carbocycles.